The number of amides is 1. The molecule has 1 aromatic rings. The van der Waals surface area contributed by atoms with Crippen LogP contribution in [0.25, 0.3) is 0 Å². The number of aromatic hydroxyl groups is 1. The lowest BCUT2D eigenvalue weighted by Crippen LogP contribution is -2.51. The predicted octanol–water partition coefficient (Wildman–Crippen LogP) is 5.52. The van der Waals surface area contributed by atoms with E-state index in [4.69, 9.17) is 9.57 Å². The van der Waals surface area contributed by atoms with Crippen molar-refractivity contribution in [3.8, 4) is 5.75 Å². The van der Waals surface area contributed by atoms with Crippen molar-refractivity contribution in [2.75, 3.05) is 13.2 Å². The summed E-state index contributed by atoms with van der Waals surface area (Å²) < 4.78 is 5.15. The highest BCUT2D eigenvalue weighted by Crippen LogP contribution is 2.66. The van der Waals surface area contributed by atoms with E-state index in [9.17, 15) is 19.5 Å². The van der Waals surface area contributed by atoms with E-state index in [1.54, 1.807) is 38.1 Å². The van der Waals surface area contributed by atoms with Gasteiger partial charge in [0.1, 0.15) is 17.6 Å². The van der Waals surface area contributed by atoms with Gasteiger partial charge in [-0.2, -0.15) is 0 Å². The molecule has 7 atom stereocenters. The van der Waals surface area contributed by atoms with Crippen molar-refractivity contribution in [3.63, 3.8) is 0 Å². The van der Waals surface area contributed by atoms with Crippen LogP contribution in [0.2, 0.25) is 0 Å². The van der Waals surface area contributed by atoms with Crippen LogP contribution in [0.5, 0.6) is 5.75 Å². The fraction of sp³-hybridized carbons (Fsp3) is 0.647. The highest BCUT2D eigenvalue weighted by atomic mass is 16.6. The molecule has 0 radical (unpaired) electrons. The molecule has 42 heavy (non-hydrogen) atoms. The molecule has 8 nitrogen and oxygen atoms in total. The van der Waals surface area contributed by atoms with Crippen LogP contribution in [0, 0.1) is 34.5 Å². The van der Waals surface area contributed by atoms with Gasteiger partial charge in [0.15, 0.2) is 6.61 Å². The zero-order valence-corrected chi connectivity index (χ0v) is 25.5. The maximum Gasteiger partial charge on any atom is 0.328 e. The van der Waals surface area contributed by atoms with Crippen molar-refractivity contribution in [1.82, 2.24) is 5.32 Å². The number of carbonyl (C=O) groups excluding carboxylic acids is 3. The Labute approximate surface area is 249 Å². The van der Waals surface area contributed by atoms with E-state index in [1.807, 2.05) is 0 Å². The summed E-state index contributed by atoms with van der Waals surface area (Å²) in [4.78, 5) is 43.1. The number of phenols is 1. The second-order valence-corrected chi connectivity index (χ2v) is 13.4. The van der Waals surface area contributed by atoms with Gasteiger partial charge in [-0.05, 0) is 118 Å². The normalized spacial score (nSPS) is 33.4. The summed E-state index contributed by atoms with van der Waals surface area (Å²) in [6.45, 7) is 8.25. The molecule has 1 aromatic carbocycles. The summed E-state index contributed by atoms with van der Waals surface area (Å²) in [6.07, 6.45) is 11.0. The highest BCUT2D eigenvalue weighted by Gasteiger charge is 2.59. The van der Waals surface area contributed by atoms with Gasteiger partial charge in [-0.1, -0.05) is 36.7 Å². The van der Waals surface area contributed by atoms with E-state index in [1.165, 1.54) is 24.8 Å². The predicted molar refractivity (Wildman–Crippen MR) is 160 cm³/mol. The first-order chi connectivity index (χ1) is 20.0. The number of oxime groups is 1. The summed E-state index contributed by atoms with van der Waals surface area (Å²) in [7, 11) is 0. The number of esters is 1. The molecule has 0 aromatic heterocycles. The number of Topliss-reactive ketones (excluding diaryl/α,β-unsaturated/α-hetero) is 1. The van der Waals surface area contributed by atoms with E-state index in [2.05, 4.69) is 30.4 Å². The van der Waals surface area contributed by atoms with E-state index in [0.29, 0.717) is 23.5 Å². The number of hydrogen-bond donors (Lipinski definition) is 2. The van der Waals surface area contributed by atoms with Gasteiger partial charge in [0.25, 0.3) is 5.91 Å². The zero-order chi connectivity index (χ0) is 30.1. The first-order valence-electron chi connectivity index (χ1n) is 15.7. The molecule has 4 aliphatic rings. The lowest BCUT2D eigenvalue weighted by molar-refractivity contribution is -0.147. The third kappa shape index (κ3) is 5.86. The van der Waals surface area contributed by atoms with Crippen LogP contribution in [0.3, 0.4) is 0 Å². The molecule has 0 saturated heterocycles. The van der Waals surface area contributed by atoms with Gasteiger partial charge in [0.2, 0.25) is 0 Å². The standard InChI is InChI=1S/C34H46N2O6/c1-5-41-32(40)30(18-22-6-9-25(38)10-7-22)35-31(39)20-42-36-24-14-16-33(3)23(19-24)8-11-26-28-13-12-27(21(2)37)34(28,4)17-15-29(26)33/h6-7,9-10,19,26-30,38H,5,8,11-18,20H2,1-4H3,(H,35,39)/t26-,27+,28+,29-,30+,33+,34-/m1/s1. The van der Waals surface area contributed by atoms with Gasteiger partial charge < -0.3 is 20.0 Å². The van der Waals surface area contributed by atoms with Crippen LogP contribution >= 0.6 is 0 Å². The molecule has 3 saturated carbocycles. The Morgan fingerprint density at radius 3 is 2.52 bits per heavy atom. The average molecular weight is 579 g/mol. The van der Waals surface area contributed by atoms with E-state index < -0.39 is 17.9 Å². The Hall–Kier alpha value is -3.16. The number of allylic oxidation sites excluding steroid dienone is 2. The van der Waals surface area contributed by atoms with Crippen molar-refractivity contribution in [2.45, 2.75) is 91.5 Å². The number of nitrogens with one attached hydrogen (secondary N) is 1. The maximum atomic E-state index is 12.7. The van der Waals surface area contributed by atoms with Crippen molar-refractivity contribution >= 4 is 23.4 Å². The van der Waals surface area contributed by atoms with Gasteiger partial charge in [-0.3, -0.25) is 9.59 Å². The molecule has 0 heterocycles. The Morgan fingerprint density at radius 2 is 1.81 bits per heavy atom. The molecule has 228 valence electrons. The van der Waals surface area contributed by atoms with E-state index >= 15 is 0 Å². The molecular formula is C34H46N2O6. The second kappa shape index (κ2) is 12.2. The minimum atomic E-state index is -0.867. The molecule has 8 heteroatoms. The number of hydrogen-bond acceptors (Lipinski definition) is 7. The summed E-state index contributed by atoms with van der Waals surface area (Å²) in [5, 5.41) is 16.6. The van der Waals surface area contributed by atoms with Crippen molar-refractivity contribution in [2.24, 2.45) is 39.7 Å². The Balaban J connectivity index is 1.19. The number of phenolic OH excluding ortho intramolecular Hbond substituents is 1. The Morgan fingerprint density at radius 1 is 1.05 bits per heavy atom. The number of rotatable bonds is 9. The van der Waals surface area contributed by atoms with Gasteiger partial charge >= 0.3 is 5.97 Å². The second-order valence-electron chi connectivity index (χ2n) is 13.4. The van der Waals surface area contributed by atoms with Gasteiger partial charge in [0, 0.05) is 12.3 Å². The summed E-state index contributed by atoms with van der Waals surface area (Å²) in [5.41, 5.74) is 3.40. The highest BCUT2D eigenvalue weighted by molar-refractivity contribution is 5.96. The number of nitrogens with zero attached hydrogens (tertiary/aromatic N) is 1. The third-order valence-corrected chi connectivity index (χ3v) is 11.1. The molecule has 0 aliphatic heterocycles. The topological polar surface area (TPSA) is 114 Å². The van der Waals surface area contributed by atoms with Crippen molar-refractivity contribution < 1.29 is 29.1 Å². The SMILES string of the molecule is CCOC(=O)[C@H](Cc1ccc(O)cc1)NC(=O)CON=C1C=C2CC[C@H]3[C@@H](CC[C@]4(C)[C@H](C(C)=O)CC[C@@H]34)[C@@]2(C)CC1. The number of ketones is 1. The molecular weight excluding hydrogens is 532 g/mol. The van der Waals surface area contributed by atoms with Gasteiger partial charge in [-0.25, -0.2) is 4.79 Å². The smallest absolute Gasteiger partial charge is 0.328 e. The van der Waals surface area contributed by atoms with E-state index in [-0.39, 0.29) is 42.1 Å². The van der Waals surface area contributed by atoms with Crippen LogP contribution in [-0.2, 0) is 30.4 Å². The largest absolute Gasteiger partial charge is 0.508 e. The number of benzene rings is 1. The maximum absolute atomic E-state index is 12.7. The lowest BCUT2D eigenvalue weighted by Gasteiger charge is -2.58. The number of carbonyl (C=O) groups is 3. The molecule has 1 amide bonds. The van der Waals surface area contributed by atoms with Crippen molar-refractivity contribution in [1.29, 1.82) is 0 Å². The minimum Gasteiger partial charge on any atom is -0.508 e. The Kier molecular flexibility index (Phi) is 8.81. The fourth-order valence-corrected chi connectivity index (χ4v) is 9.02. The van der Waals surface area contributed by atoms with Gasteiger partial charge in [0.05, 0.1) is 12.3 Å². The first kappa shape index (κ1) is 30.3. The fourth-order valence-electron chi connectivity index (χ4n) is 9.02. The molecule has 5 rings (SSSR count). The zero-order valence-electron chi connectivity index (χ0n) is 25.5. The molecule has 4 aliphatic carbocycles. The molecule has 3 fully saturated rings. The summed E-state index contributed by atoms with van der Waals surface area (Å²) >= 11 is 0. The van der Waals surface area contributed by atoms with Crippen LogP contribution in [0.15, 0.2) is 41.1 Å². The number of fused-ring (bicyclic) bond motifs is 5. The summed E-state index contributed by atoms with van der Waals surface area (Å²) in [6, 6.07) is 5.62. The van der Waals surface area contributed by atoms with E-state index in [0.717, 1.165) is 43.4 Å². The minimum absolute atomic E-state index is 0.132. The first-order valence-corrected chi connectivity index (χ1v) is 15.7. The average Bonchev–Trinajstić information content (AvgIpc) is 3.31. The molecule has 2 N–H and O–H groups in total. The van der Waals surface area contributed by atoms with Crippen LogP contribution < -0.4 is 5.32 Å². The quantitative estimate of drug-likeness (QED) is 0.295. The summed E-state index contributed by atoms with van der Waals surface area (Å²) in [5.74, 6) is 1.74. The number of ether oxygens (including phenoxy) is 1. The van der Waals surface area contributed by atoms with Gasteiger partial charge in [-0.15, -0.1) is 0 Å². The van der Waals surface area contributed by atoms with Crippen molar-refractivity contribution in [3.05, 3.63) is 41.5 Å². The van der Waals surface area contributed by atoms with Crippen LogP contribution in [-0.4, -0.2) is 47.7 Å². The third-order valence-electron chi connectivity index (χ3n) is 11.1. The molecule has 0 unspecified atom stereocenters. The molecule has 0 spiro atoms. The lowest BCUT2D eigenvalue weighted by atomic mass is 9.46. The Bertz CT molecular complexity index is 1250. The monoisotopic (exact) mass is 578 g/mol. The van der Waals surface area contributed by atoms with Crippen LogP contribution in [0.4, 0.5) is 0 Å². The molecule has 0 bridgehead atoms. The van der Waals surface area contributed by atoms with Crippen LogP contribution in [0.1, 0.15) is 84.6 Å².